The first-order chi connectivity index (χ1) is 10.2. The van der Waals surface area contributed by atoms with Crippen LogP contribution >= 0.6 is 11.6 Å². The standard InChI is InChI=1S/C16H14ClNO3/c17-14-4-2-1-3-11(14)10-21-12-5-6-15-13(9-12)16(19)18-7-8-20-15/h1-6,9H,7-8,10H2,(H,18,19). The summed E-state index contributed by atoms with van der Waals surface area (Å²) in [7, 11) is 0. The van der Waals surface area contributed by atoms with Gasteiger partial charge in [-0.1, -0.05) is 29.8 Å². The summed E-state index contributed by atoms with van der Waals surface area (Å²) in [5.74, 6) is 1.04. The fourth-order valence-corrected chi connectivity index (χ4v) is 2.29. The van der Waals surface area contributed by atoms with E-state index >= 15 is 0 Å². The fraction of sp³-hybridized carbons (Fsp3) is 0.188. The summed E-state index contributed by atoms with van der Waals surface area (Å²) in [5.41, 5.74) is 1.39. The predicted octanol–water partition coefficient (Wildman–Crippen LogP) is 3.04. The highest BCUT2D eigenvalue weighted by molar-refractivity contribution is 6.31. The highest BCUT2D eigenvalue weighted by atomic mass is 35.5. The molecule has 0 radical (unpaired) electrons. The summed E-state index contributed by atoms with van der Waals surface area (Å²) in [6, 6.07) is 12.7. The van der Waals surface area contributed by atoms with Crippen molar-refractivity contribution in [3.8, 4) is 11.5 Å². The minimum Gasteiger partial charge on any atom is -0.491 e. The van der Waals surface area contributed by atoms with E-state index in [-0.39, 0.29) is 5.91 Å². The van der Waals surface area contributed by atoms with Gasteiger partial charge in [0.15, 0.2) is 0 Å². The van der Waals surface area contributed by atoms with Crippen molar-refractivity contribution in [2.45, 2.75) is 6.61 Å². The molecule has 1 aliphatic rings. The number of hydrogen-bond acceptors (Lipinski definition) is 3. The minimum atomic E-state index is -0.148. The molecule has 0 aliphatic carbocycles. The molecule has 2 aromatic carbocycles. The van der Waals surface area contributed by atoms with E-state index in [1.165, 1.54) is 0 Å². The van der Waals surface area contributed by atoms with Gasteiger partial charge in [0.25, 0.3) is 5.91 Å². The van der Waals surface area contributed by atoms with Gasteiger partial charge in [0, 0.05) is 10.6 Å². The molecule has 0 saturated carbocycles. The number of ether oxygens (including phenoxy) is 2. The zero-order valence-electron chi connectivity index (χ0n) is 11.3. The Morgan fingerprint density at radius 2 is 2.10 bits per heavy atom. The third-order valence-corrected chi connectivity index (χ3v) is 3.56. The van der Waals surface area contributed by atoms with Crippen LogP contribution in [0.15, 0.2) is 42.5 Å². The number of benzene rings is 2. The van der Waals surface area contributed by atoms with Crippen molar-refractivity contribution in [2.75, 3.05) is 13.2 Å². The van der Waals surface area contributed by atoms with Crippen molar-refractivity contribution in [3.63, 3.8) is 0 Å². The van der Waals surface area contributed by atoms with E-state index in [1.807, 2.05) is 24.3 Å². The lowest BCUT2D eigenvalue weighted by atomic mass is 10.1. The van der Waals surface area contributed by atoms with Crippen LogP contribution in [0, 0.1) is 0 Å². The molecule has 1 N–H and O–H groups in total. The summed E-state index contributed by atoms with van der Waals surface area (Å²) in [6.07, 6.45) is 0. The number of amides is 1. The highest BCUT2D eigenvalue weighted by Gasteiger charge is 2.17. The SMILES string of the molecule is O=C1NCCOc2ccc(OCc3ccccc3Cl)cc21. The van der Waals surface area contributed by atoms with Crippen molar-refractivity contribution < 1.29 is 14.3 Å². The van der Waals surface area contributed by atoms with Crippen molar-refractivity contribution in [1.82, 2.24) is 5.32 Å². The van der Waals surface area contributed by atoms with E-state index in [1.54, 1.807) is 18.2 Å². The third-order valence-electron chi connectivity index (χ3n) is 3.19. The van der Waals surface area contributed by atoms with E-state index in [2.05, 4.69) is 5.32 Å². The molecule has 21 heavy (non-hydrogen) atoms. The minimum absolute atomic E-state index is 0.148. The van der Waals surface area contributed by atoms with E-state index in [0.717, 1.165) is 5.56 Å². The van der Waals surface area contributed by atoms with Gasteiger partial charge in [0.2, 0.25) is 0 Å². The van der Waals surface area contributed by atoms with Crippen LogP contribution in [0.1, 0.15) is 15.9 Å². The molecule has 0 atom stereocenters. The summed E-state index contributed by atoms with van der Waals surface area (Å²) in [4.78, 5) is 11.9. The Labute approximate surface area is 127 Å². The second-order valence-electron chi connectivity index (χ2n) is 4.64. The summed E-state index contributed by atoms with van der Waals surface area (Å²) >= 11 is 6.09. The quantitative estimate of drug-likeness (QED) is 0.948. The summed E-state index contributed by atoms with van der Waals surface area (Å²) < 4.78 is 11.2. The second kappa shape index (κ2) is 6.06. The van der Waals surface area contributed by atoms with Crippen molar-refractivity contribution >= 4 is 17.5 Å². The van der Waals surface area contributed by atoms with E-state index in [0.29, 0.717) is 41.8 Å². The van der Waals surface area contributed by atoms with Crippen LogP contribution in [-0.2, 0) is 6.61 Å². The number of rotatable bonds is 3. The van der Waals surface area contributed by atoms with Gasteiger partial charge >= 0.3 is 0 Å². The average molecular weight is 304 g/mol. The lowest BCUT2D eigenvalue weighted by molar-refractivity contribution is 0.0956. The molecule has 5 heteroatoms. The topological polar surface area (TPSA) is 47.6 Å². The fourth-order valence-electron chi connectivity index (χ4n) is 2.10. The van der Waals surface area contributed by atoms with Gasteiger partial charge in [-0.05, 0) is 24.3 Å². The van der Waals surface area contributed by atoms with Gasteiger partial charge in [-0.15, -0.1) is 0 Å². The van der Waals surface area contributed by atoms with E-state index in [9.17, 15) is 4.79 Å². The molecule has 0 saturated heterocycles. The molecular weight excluding hydrogens is 290 g/mol. The lowest BCUT2D eigenvalue weighted by Crippen LogP contribution is -2.24. The Kier molecular flexibility index (Phi) is 3.97. The second-order valence-corrected chi connectivity index (χ2v) is 5.05. The number of carbonyl (C=O) groups is 1. The van der Waals surface area contributed by atoms with Crippen LogP contribution in [-0.4, -0.2) is 19.1 Å². The highest BCUT2D eigenvalue weighted by Crippen LogP contribution is 2.26. The monoisotopic (exact) mass is 303 g/mol. The predicted molar refractivity (Wildman–Crippen MR) is 80.1 cm³/mol. The summed E-state index contributed by atoms with van der Waals surface area (Å²) in [6.45, 7) is 1.32. The maximum Gasteiger partial charge on any atom is 0.255 e. The lowest BCUT2D eigenvalue weighted by Gasteiger charge is -2.10. The van der Waals surface area contributed by atoms with E-state index in [4.69, 9.17) is 21.1 Å². The molecule has 108 valence electrons. The van der Waals surface area contributed by atoms with Crippen molar-refractivity contribution in [3.05, 3.63) is 58.6 Å². The Morgan fingerprint density at radius 3 is 2.95 bits per heavy atom. The first-order valence-corrected chi connectivity index (χ1v) is 7.03. The summed E-state index contributed by atoms with van der Waals surface area (Å²) in [5, 5.41) is 3.43. The number of nitrogens with one attached hydrogen (secondary N) is 1. The van der Waals surface area contributed by atoms with Crippen LogP contribution in [0.4, 0.5) is 0 Å². The van der Waals surface area contributed by atoms with Gasteiger partial charge < -0.3 is 14.8 Å². The maximum atomic E-state index is 11.9. The first-order valence-electron chi connectivity index (χ1n) is 6.65. The van der Waals surface area contributed by atoms with Crippen LogP contribution in [0.3, 0.4) is 0 Å². The molecule has 0 aromatic heterocycles. The molecule has 1 aliphatic heterocycles. The molecule has 2 aromatic rings. The largest absolute Gasteiger partial charge is 0.491 e. The molecule has 4 nitrogen and oxygen atoms in total. The van der Waals surface area contributed by atoms with Crippen molar-refractivity contribution in [1.29, 1.82) is 0 Å². The molecular formula is C16H14ClNO3. The van der Waals surface area contributed by atoms with Gasteiger partial charge in [-0.3, -0.25) is 4.79 Å². The van der Waals surface area contributed by atoms with Gasteiger partial charge in [-0.2, -0.15) is 0 Å². The normalized spacial score (nSPS) is 13.7. The molecule has 1 amide bonds. The number of hydrogen-bond donors (Lipinski definition) is 1. The Bertz CT molecular complexity index is 672. The zero-order valence-corrected chi connectivity index (χ0v) is 12.0. The van der Waals surface area contributed by atoms with Crippen LogP contribution in [0.5, 0.6) is 11.5 Å². The van der Waals surface area contributed by atoms with Crippen LogP contribution in [0.2, 0.25) is 5.02 Å². The molecule has 3 rings (SSSR count). The van der Waals surface area contributed by atoms with Gasteiger partial charge in [0.05, 0.1) is 12.1 Å². The Hall–Kier alpha value is -2.20. The van der Waals surface area contributed by atoms with Gasteiger partial charge in [-0.25, -0.2) is 0 Å². The molecule has 0 spiro atoms. The zero-order chi connectivity index (χ0) is 14.7. The van der Waals surface area contributed by atoms with Gasteiger partial charge in [0.1, 0.15) is 24.7 Å². The number of carbonyl (C=O) groups excluding carboxylic acids is 1. The first kappa shape index (κ1) is 13.8. The smallest absolute Gasteiger partial charge is 0.255 e. The molecule has 0 unspecified atom stereocenters. The Balaban J connectivity index is 1.78. The Morgan fingerprint density at radius 1 is 1.24 bits per heavy atom. The van der Waals surface area contributed by atoms with Crippen LogP contribution in [0.25, 0.3) is 0 Å². The number of fused-ring (bicyclic) bond motifs is 1. The third kappa shape index (κ3) is 3.11. The van der Waals surface area contributed by atoms with Crippen molar-refractivity contribution in [2.24, 2.45) is 0 Å². The number of halogens is 1. The average Bonchev–Trinajstić information content (AvgIpc) is 2.68. The molecule has 1 heterocycles. The van der Waals surface area contributed by atoms with E-state index < -0.39 is 0 Å². The molecule has 0 bridgehead atoms. The maximum absolute atomic E-state index is 11.9. The molecule has 0 fully saturated rings. The van der Waals surface area contributed by atoms with Crippen LogP contribution < -0.4 is 14.8 Å².